The lowest BCUT2D eigenvalue weighted by Crippen LogP contribution is -1.91. The average Bonchev–Trinajstić information content (AvgIpc) is 3.55. The predicted molar refractivity (Wildman–Crippen MR) is 210 cm³/mol. The molecule has 0 amide bonds. The lowest BCUT2D eigenvalue weighted by atomic mass is 9.85. The molecule has 10 aromatic rings. The average molecular weight is 622 g/mol. The number of hydrogen-bond donors (Lipinski definition) is 1. The van der Waals surface area contributed by atoms with Crippen molar-refractivity contribution in [1.29, 1.82) is 0 Å². The molecule has 0 aliphatic carbocycles. The van der Waals surface area contributed by atoms with Gasteiger partial charge in [-0.2, -0.15) is 0 Å². The Hall–Kier alpha value is -6.44. The summed E-state index contributed by atoms with van der Waals surface area (Å²) in [5.74, 6) is 0. The summed E-state index contributed by atoms with van der Waals surface area (Å²) in [4.78, 5) is 3.67. The van der Waals surface area contributed by atoms with Gasteiger partial charge in [0.25, 0.3) is 0 Å². The molecule has 1 heterocycles. The summed E-state index contributed by atoms with van der Waals surface area (Å²) in [6, 6.07) is 66.5. The fourth-order valence-corrected chi connectivity index (χ4v) is 7.94. The highest BCUT2D eigenvalue weighted by atomic mass is 14.7. The van der Waals surface area contributed by atoms with Gasteiger partial charge >= 0.3 is 0 Å². The van der Waals surface area contributed by atoms with Gasteiger partial charge in [0.05, 0.1) is 0 Å². The van der Waals surface area contributed by atoms with E-state index in [2.05, 4.69) is 187 Å². The van der Waals surface area contributed by atoms with Crippen LogP contribution < -0.4 is 0 Å². The lowest BCUT2D eigenvalue weighted by Gasteiger charge is -2.18. The number of nitrogens with one attached hydrogen (secondary N) is 1. The third-order valence-corrected chi connectivity index (χ3v) is 10.2. The topological polar surface area (TPSA) is 15.8 Å². The Bertz CT molecular complexity index is 2820. The van der Waals surface area contributed by atoms with E-state index >= 15 is 0 Å². The molecular formula is C48H31N. The largest absolute Gasteiger partial charge is 0.354 e. The summed E-state index contributed by atoms with van der Waals surface area (Å²) in [7, 11) is 0. The van der Waals surface area contributed by atoms with Crippen molar-refractivity contribution in [3.8, 4) is 44.5 Å². The van der Waals surface area contributed by atoms with Crippen LogP contribution in [-0.4, -0.2) is 4.98 Å². The van der Waals surface area contributed by atoms with Gasteiger partial charge in [-0.3, -0.25) is 0 Å². The standard InChI is InChI=1S/C48H31N/c1-2-12-31(13-3-1)33-15-10-16-34(28-33)37-22-11-14-32-24-25-35(29-44(32)37)47-40-18-4-6-20-42(40)48(43-21-7-5-19-41(43)47)36-26-27-39-38-17-8-9-23-45(38)49-46(39)30-36/h1-30,49H. The number of rotatable bonds is 4. The van der Waals surface area contributed by atoms with Crippen LogP contribution in [0, 0.1) is 0 Å². The first-order valence-corrected chi connectivity index (χ1v) is 16.9. The Kier molecular flexibility index (Phi) is 6.25. The first-order valence-electron chi connectivity index (χ1n) is 16.9. The minimum absolute atomic E-state index is 1.16. The van der Waals surface area contributed by atoms with Gasteiger partial charge in [-0.1, -0.05) is 158 Å². The van der Waals surface area contributed by atoms with Gasteiger partial charge in [0.2, 0.25) is 0 Å². The maximum Gasteiger partial charge on any atom is 0.0471 e. The van der Waals surface area contributed by atoms with Gasteiger partial charge in [0.15, 0.2) is 0 Å². The Morgan fingerprint density at radius 1 is 0.265 bits per heavy atom. The normalized spacial score (nSPS) is 11.7. The number of fused-ring (bicyclic) bond motifs is 6. The Morgan fingerprint density at radius 3 is 1.55 bits per heavy atom. The smallest absolute Gasteiger partial charge is 0.0471 e. The zero-order chi connectivity index (χ0) is 32.3. The summed E-state index contributed by atoms with van der Waals surface area (Å²) >= 11 is 0. The van der Waals surface area contributed by atoms with Crippen molar-refractivity contribution in [2.75, 3.05) is 0 Å². The molecule has 0 fully saturated rings. The van der Waals surface area contributed by atoms with Crippen molar-refractivity contribution in [2.24, 2.45) is 0 Å². The van der Waals surface area contributed by atoms with Gasteiger partial charge in [0.1, 0.15) is 0 Å². The van der Waals surface area contributed by atoms with Gasteiger partial charge in [-0.15, -0.1) is 0 Å². The van der Waals surface area contributed by atoms with Crippen LogP contribution in [0.5, 0.6) is 0 Å². The number of hydrogen-bond acceptors (Lipinski definition) is 0. The molecule has 0 bridgehead atoms. The van der Waals surface area contributed by atoms with Crippen molar-refractivity contribution in [2.45, 2.75) is 0 Å². The first-order chi connectivity index (χ1) is 24.3. The minimum atomic E-state index is 1.16. The number of benzene rings is 9. The molecule has 49 heavy (non-hydrogen) atoms. The van der Waals surface area contributed by atoms with Crippen LogP contribution in [0.4, 0.5) is 0 Å². The number of H-pyrrole nitrogens is 1. The first kappa shape index (κ1) is 27.7. The van der Waals surface area contributed by atoms with Crippen molar-refractivity contribution in [3.05, 3.63) is 182 Å². The summed E-state index contributed by atoms with van der Waals surface area (Å²) < 4.78 is 0. The van der Waals surface area contributed by atoms with Crippen LogP contribution in [0.1, 0.15) is 0 Å². The van der Waals surface area contributed by atoms with E-state index in [1.54, 1.807) is 0 Å². The van der Waals surface area contributed by atoms with Crippen LogP contribution in [0.25, 0.3) is 98.6 Å². The molecule has 0 radical (unpaired) electrons. The van der Waals surface area contributed by atoms with Crippen LogP contribution in [0.2, 0.25) is 0 Å². The van der Waals surface area contributed by atoms with Crippen LogP contribution in [0.15, 0.2) is 182 Å². The predicted octanol–water partition coefficient (Wildman–Crippen LogP) is 13.4. The zero-order valence-electron chi connectivity index (χ0n) is 26.8. The molecule has 0 aliphatic heterocycles. The highest BCUT2D eigenvalue weighted by Crippen LogP contribution is 2.45. The molecule has 1 nitrogen and oxygen atoms in total. The lowest BCUT2D eigenvalue weighted by molar-refractivity contribution is 1.55. The van der Waals surface area contributed by atoms with E-state index in [1.807, 2.05) is 0 Å². The number of para-hydroxylation sites is 1. The third-order valence-electron chi connectivity index (χ3n) is 10.2. The molecule has 1 aromatic heterocycles. The monoisotopic (exact) mass is 621 g/mol. The molecule has 9 aromatic carbocycles. The highest BCUT2D eigenvalue weighted by molar-refractivity contribution is 6.22. The van der Waals surface area contributed by atoms with E-state index < -0.39 is 0 Å². The second-order valence-corrected chi connectivity index (χ2v) is 13.0. The van der Waals surface area contributed by atoms with Crippen molar-refractivity contribution >= 4 is 54.1 Å². The van der Waals surface area contributed by atoms with Crippen molar-refractivity contribution < 1.29 is 0 Å². The fraction of sp³-hybridized carbons (Fsp3) is 0. The summed E-state index contributed by atoms with van der Waals surface area (Å²) in [6.45, 7) is 0. The molecule has 0 atom stereocenters. The van der Waals surface area contributed by atoms with E-state index in [1.165, 1.54) is 93.1 Å². The molecule has 0 aliphatic rings. The zero-order valence-corrected chi connectivity index (χ0v) is 26.8. The molecule has 0 saturated heterocycles. The molecular weight excluding hydrogens is 591 g/mol. The van der Waals surface area contributed by atoms with Crippen molar-refractivity contribution in [3.63, 3.8) is 0 Å². The van der Waals surface area contributed by atoms with E-state index in [9.17, 15) is 0 Å². The van der Waals surface area contributed by atoms with Gasteiger partial charge in [-0.25, -0.2) is 0 Å². The Labute approximate surface area is 284 Å². The Morgan fingerprint density at radius 2 is 0.816 bits per heavy atom. The second kappa shape index (κ2) is 11.1. The SMILES string of the molecule is c1ccc(-c2cccc(-c3cccc4ccc(-c5c6ccccc6c(-c6ccc7c(c6)[nH]c6ccccc67)c6ccccc56)cc34)c2)cc1. The summed E-state index contributed by atoms with van der Waals surface area (Å²) in [6.07, 6.45) is 0. The molecule has 1 N–H and O–H groups in total. The van der Waals surface area contributed by atoms with E-state index in [4.69, 9.17) is 0 Å². The molecule has 0 spiro atoms. The van der Waals surface area contributed by atoms with Crippen LogP contribution >= 0.6 is 0 Å². The van der Waals surface area contributed by atoms with Gasteiger partial charge in [-0.05, 0) is 101 Å². The van der Waals surface area contributed by atoms with Crippen LogP contribution in [-0.2, 0) is 0 Å². The fourth-order valence-electron chi connectivity index (χ4n) is 7.94. The summed E-state index contributed by atoms with van der Waals surface area (Å²) in [5.41, 5.74) is 12.2. The van der Waals surface area contributed by atoms with E-state index in [0.717, 1.165) is 5.52 Å². The van der Waals surface area contributed by atoms with E-state index in [0.29, 0.717) is 0 Å². The number of aromatic nitrogens is 1. The molecule has 0 saturated carbocycles. The molecule has 10 rings (SSSR count). The van der Waals surface area contributed by atoms with Crippen LogP contribution in [0.3, 0.4) is 0 Å². The molecule has 1 heteroatoms. The summed E-state index contributed by atoms with van der Waals surface area (Å²) in [5, 5.41) is 10.1. The Balaban J connectivity index is 1.20. The van der Waals surface area contributed by atoms with Gasteiger partial charge < -0.3 is 4.98 Å². The van der Waals surface area contributed by atoms with Gasteiger partial charge in [0, 0.05) is 21.8 Å². The molecule has 228 valence electrons. The highest BCUT2D eigenvalue weighted by Gasteiger charge is 2.18. The second-order valence-electron chi connectivity index (χ2n) is 13.0. The van der Waals surface area contributed by atoms with Crippen molar-refractivity contribution in [1.82, 2.24) is 4.98 Å². The third kappa shape index (κ3) is 4.47. The molecule has 0 unspecified atom stereocenters. The quantitative estimate of drug-likeness (QED) is 0.188. The minimum Gasteiger partial charge on any atom is -0.354 e. The maximum absolute atomic E-state index is 3.67. The maximum atomic E-state index is 3.67. The van der Waals surface area contributed by atoms with E-state index in [-0.39, 0.29) is 0 Å². The number of aromatic amines is 1.